The number of nitrogens with zero attached hydrogens (tertiary/aromatic N) is 1. The third kappa shape index (κ3) is 3.13. The average Bonchev–Trinajstić information content (AvgIpc) is 3.07. The number of anilines is 1. The summed E-state index contributed by atoms with van der Waals surface area (Å²) in [6, 6.07) is 6.63. The average molecular weight is 308 g/mol. The zero-order chi connectivity index (χ0) is 14.8. The van der Waals surface area contributed by atoms with Crippen molar-refractivity contribution in [1.82, 2.24) is 10.2 Å². The summed E-state index contributed by atoms with van der Waals surface area (Å²) in [5.74, 6) is -0.203. The Bertz CT molecular complexity index is 558. The fourth-order valence-corrected chi connectivity index (χ4v) is 3.22. The van der Waals surface area contributed by atoms with Gasteiger partial charge in [-0.1, -0.05) is 30.5 Å². The molecule has 1 aliphatic heterocycles. The van der Waals surface area contributed by atoms with Gasteiger partial charge in [-0.3, -0.25) is 4.79 Å². The van der Waals surface area contributed by atoms with E-state index >= 15 is 0 Å². The second-order valence-corrected chi connectivity index (χ2v) is 6.03. The number of hydrogen-bond acceptors (Lipinski definition) is 2. The molecule has 3 amide bonds. The summed E-state index contributed by atoms with van der Waals surface area (Å²) in [6.07, 6.45) is 4.40. The van der Waals surface area contributed by atoms with Gasteiger partial charge in [0.1, 0.15) is 6.04 Å². The van der Waals surface area contributed by atoms with E-state index in [0.29, 0.717) is 17.3 Å². The molecule has 21 heavy (non-hydrogen) atoms. The molecule has 1 heterocycles. The molecular formula is C15H18ClN3O2. The number of halogens is 1. The standard InChI is InChI=1S/C15H18ClN3O2/c16-10-4-3-5-11(8-10)17-14(20)13-9-19(15(21)18-13)12-6-1-2-7-12/h3-5,8,12-13H,1-2,6-7,9H2,(H,17,20)(H,18,21). The van der Waals surface area contributed by atoms with Gasteiger partial charge in [0.2, 0.25) is 5.91 Å². The fourth-order valence-electron chi connectivity index (χ4n) is 3.03. The van der Waals surface area contributed by atoms with Crippen molar-refractivity contribution in [2.75, 3.05) is 11.9 Å². The number of nitrogens with one attached hydrogen (secondary N) is 2. The van der Waals surface area contributed by atoms with Crippen LogP contribution >= 0.6 is 11.6 Å². The van der Waals surface area contributed by atoms with E-state index in [2.05, 4.69) is 10.6 Å². The maximum atomic E-state index is 12.2. The smallest absolute Gasteiger partial charge is 0.318 e. The van der Waals surface area contributed by atoms with Crippen LogP contribution in [-0.2, 0) is 4.79 Å². The Morgan fingerprint density at radius 3 is 2.81 bits per heavy atom. The molecule has 1 aliphatic carbocycles. The Balaban J connectivity index is 1.62. The van der Waals surface area contributed by atoms with Crippen molar-refractivity contribution in [2.24, 2.45) is 0 Å². The molecule has 1 saturated heterocycles. The summed E-state index contributed by atoms with van der Waals surface area (Å²) in [6.45, 7) is 0.440. The number of amides is 3. The van der Waals surface area contributed by atoms with Crippen molar-refractivity contribution < 1.29 is 9.59 Å². The molecular weight excluding hydrogens is 290 g/mol. The zero-order valence-electron chi connectivity index (χ0n) is 11.6. The van der Waals surface area contributed by atoms with Crippen LogP contribution in [0, 0.1) is 0 Å². The predicted molar refractivity (Wildman–Crippen MR) is 81.4 cm³/mol. The maximum Gasteiger partial charge on any atom is 0.318 e. The normalized spacial score (nSPS) is 22.4. The molecule has 1 atom stereocenters. The molecule has 0 bridgehead atoms. The quantitative estimate of drug-likeness (QED) is 0.901. The second-order valence-electron chi connectivity index (χ2n) is 5.59. The molecule has 1 unspecified atom stereocenters. The van der Waals surface area contributed by atoms with Crippen LogP contribution in [0.5, 0.6) is 0 Å². The summed E-state index contributed by atoms with van der Waals surface area (Å²) in [7, 11) is 0. The van der Waals surface area contributed by atoms with Gasteiger partial charge in [-0.2, -0.15) is 0 Å². The summed E-state index contributed by atoms with van der Waals surface area (Å²) in [5.41, 5.74) is 0.640. The van der Waals surface area contributed by atoms with Crippen LogP contribution in [0.3, 0.4) is 0 Å². The summed E-state index contributed by atoms with van der Waals surface area (Å²) < 4.78 is 0. The molecule has 0 aromatic heterocycles. The number of urea groups is 1. The van der Waals surface area contributed by atoms with E-state index in [9.17, 15) is 9.59 Å². The van der Waals surface area contributed by atoms with Crippen molar-refractivity contribution in [2.45, 2.75) is 37.8 Å². The second kappa shape index (κ2) is 5.93. The lowest BCUT2D eigenvalue weighted by Crippen LogP contribution is -2.38. The van der Waals surface area contributed by atoms with E-state index in [1.165, 1.54) is 0 Å². The van der Waals surface area contributed by atoms with Crippen molar-refractivity contribution in [3.63, 3.8) is 0 Å². The van der Waals surface area contributed by atoms with Crippen molar-refractivity contribution in [1.29, 1.82) is 0 Å². The monoisotopic (exact) mass is 307 g/mol. The SMILES string of the molecule is O=C(Nc1cccc(Cl)c1)C1CN(C2CCCC2)C(=O)N1. The van der Waals surface area contributed by atoms with Gasteiger partial charge in [-0.05, 0) is 31.0 Å². The van der Waals surface area contributed by atoms with Gasteiger partial charge in [0, 0.05) is 16.8 Å². The molecule has 6 heteroatoms. The van der Waals surface area contributed by atoms with Gasteiger partial charge >= 0.3 is 6.03 Å². The highest BCUT2D eigenvalue weighted by Crippen LogP contribution is 2.25. The highest BCUT2D eigenvalue weighted by atomic mass is 35.5. The lowest BCUT2D eigenvalue weighted by Gasteiger charge is -2.22. The highest BCUT2D eigenvalue weighted by molar-refractivity contribution is 6.30. The third-order valence-electron chi connectivity index (χ3n) is 4.11. The number of carbonyl (C=O) groups is 2. The largest absolute Gasteiger partial charge is 0.324 e. The van der Waals surface area contributed by atoms with Gasteiger partial charge in [-0.15, -0.1) is 0 Å². The number of carbonyl (C=O) groups excluding carboxylic acids is 2. The summed E-state index contributed by atoms with van der Waals surface area (Å²) >= 11 is 5.89. The van der Waals surface area contributed by atoms with E-state index in [0.717, 1.165) is 25.7 Å². The lowest BCUT2D eigenvalue weighted by atomic mass is 10.2. The van der Waals surface area contributed by atoms with Crippen LogP contribution in [-0.4, -0.2) is 35.5 Å². The molecule has 5 nitrogen and oxygen atoms in total. The number of rotatable bonds is 3. The van der Waals surface area contributed by atoms with Crippen molar-refractivity contribution >= 4 is 29.2 Å². The molecule has 3 rings (SSSR count). The van der Waals surface area contributed by atoms with E-state index in [-0.39, 0.29) is 18.0 Å². The molecule has 1 aromatic rings. The van der Waals surface area contributed by atoms with Crippen LogP contribution in [0.25, 0.3) is 0 Å². The minimum Gasteiger partial charge on any atom is -0.324 e. The number of hydrogen-bond donors (Lipinski definition) is 2. The van der Waals surface area contributed by atoms with Crippen LogP contribution in [0.2, 0.25) is 5.02 Å². The zero-order valence-corrected chi connectivity index (χ0v) is 12.4. The van der Waals surface area contributed by atoms with E-state index in [1.54, 1.807) is 29.2 Å². The molecule has 2 N–H and O–H groups in total. The first-order chi connectivity index (χ1) is 10.1. The van der Waals surface area contributed by atoms with E-state index in [4.69, 9.17) is 11.6 Å². The number of benzene rings is 1. The predicted octanol–water partition coefficient (Wildman–Crippen LogP) is 2.61. The first-order valence-electron chi connectivity index (χ1n) is 7.27. The van der Waals surface area contributed by atoms with E-state index in [1.807, 2.05) is 0 Å². The van der Waals surface area contributed by atoms with Crippen molar-refractivity contribution in [3.8, 4) is 0 Å². The first-order valence-corrected chi connectivity index (χ1v) is 7.65. The highest BCUT2D eigenvalue weighted by Gasteiger charge is 2.38. The summed E-state index contributed by atoms with van der Waals surface area (Å²) in [4.78, 5) is 26.0. The van der Waals surface area contributed by atoms with Crippen LogP contribution < -0.4 is 10.6 Å². The molecule has 0 radical (unpaired) electrons. The Kier molecular flexibility index (Phi) is 4.01. The van der Waals surface area contributed by atoms with Crippen LogP contribution in [0.4, 0.5) is 10.5 Å². The minimum absolute atomic E-state index is 0.131. The molecule has 2 fully saturated rings. The Hall–Kier alpha value is -1.75. The molecule has 1 saturated carbocycles. The van der Waals surface area contributed by atoms with Crippen molar-refractivity contribution in [3.05, 3.63) is 29.3 Å². The summed E-state index contributed by atoms with van der Waals surface area (Å²) in [5, 5.41) is 6.11. The van der Waals surface area contributed by atoms with E-state index < -0.39 is 6.04 Å². The maximum absolute atomic E-state index is 12.2. The van der Waals surface area contributed by atoms with Crippen LogP contribution in [0.1, 0.15) is 25.7 Å². The first kappa shape index (κ1) is 14.2. The Morgan fingerprint density at radius 2 is 2.10 bits per heavy atom. The Labute approximate surface area is 128 Å². The topological polar surface area (TPSA) is 61.4 Å². The van der Waals surface area contributed by atoms with Gasteiger partial charge in [0.05, 0.1) is 6.54 Å². The van der Waals surface area contributed by atoms with Gasteiger partial charge in [-0.25, -0.2) is 4.79 Å². The van der Waals surface area contributed by atoms with Crippen LogP contribution in [0.15, 0.2) is 24.3 Å². The minimum atomic E-state index is -0.503. The molecule has 0 spiro atoms. The van der Waals surface area contributed by atoms with Gasteiger partial charge < -0.3 is 15.5 Å². The molecule has 2 aliphatic rings. The fraction of sp³-hybridized carbons (Fsp3) is 0.467. The molecule has 112 valence electrons. The van der Waals surface area contributed by atoms with Gasteiger partial charge in [0.15, 0.2) is 0 Å². The molecule has 1 aromatic carbocycles. The third-order valence-corrected chi connectivity index (χ3v) is 4.35. The Morgan fingerprint density at radius 1 is 1.33 bits per heavy atom. The lowest BCUT2D eigenvalue weighted by molar-refractivity contribution is -0.117. The van der Waals surface area contributed by atoms with Gasteiger partial charge in [0.25, 0.3) is 0 Å².